The molecule has 0 radical (unpaired) electrons. The average molecular weight is 224 g/mol. The van der Waals surface area contributed by atoms with Gasteiger partial charge in [-0.3, -0.25) is 0 Å². The van der Waals surface area contributed by atoms with Gasteiger partial charge in [-0.15, -0.1) is 0 Å². The predicted octanol–water partition coefficient (Wildman–Crippen LogP) is 2.16. The van der Waals surface area contributed by atoms with Gasteiger partial charge in [0.15, 0.2) is 0 Å². The molecule has 1 saturated heterocycles. The third kappa shape index (κ3) is 2.42. The molecule has 1 aliphatic heterocycles. The average Bonchev–Trinajstić information content (AvgIpc) is 2.33. The lowest BCUT2D eigenvalue weighted by atomic mass is 9.76. The molecule has 2 rings (SSSR count). The van der Waals surface area contributed by atoms with Crippen molar-refractivity contribution in [3.8, 4) is 0 Å². The largest absolute Gasteiger partial charge is 0.396 e. The number of benzene rings is 1. The van der Waals surface area contributed by atoms with Crippen LogP contribution in [0.25, 0.3) is 0 Å². The molecular weight excluding hydrogens is 207 g/mol. The van der Waals surface area contributed by atoms with E-state index >= 15 is 0 Å². The van der Waals surface area contributed by atoms with Crippen LogP contribution in [0.1, 0.15) is 18.4 Å². The summed E-state index contributed by atoms with van der Waals surface area (Å²) >= 11 is 0. The number of hydrogen-bond acceptors (Lipinski definition) is 2. The Kier molecular flexibility index (Phi) is 3.56. The first-order chi connectivity index (χ1) is 7.76. The zero-order valence-corrected chi connectivity index (χ0v) is 9.29. The maximum absolute atomic E-state index is 13.5. The minimum Gasteiger partial charge on any atom is -0.396 e. The first-order valence-electron chi connectivity index (χ1n) is 5.68. The van der Waals surface area contributed by atoms with Crippen molar-refractivity contribution in [1.82, 2.24) is 0 Å². The molecule has 88 valence electrons. The highest BCUT2D eigenvalue weighted by Crippen LogP contribution is 2.34. The maximum Gasteiger partial charge on any atom is 0.126 e. The van der Waals surface area contributed by atoms with Gasteiger partial charge in [-0.1, -0.05) is 18.2 Å². The normalized spacial score (nSPS) is 19.6. The van der Waals surface area contributed by atoms with E-state index in [1.54, 1.807) is 12.1 Å². The third-order valence-electron chi connectivity index (χ3n) is 3.41. The molecule has 0 atom stereocenters. The summed E-state index contributed by atoms with van der Waals surface area (Å²) in [6.07, 6.45) is 2.20. The van der Waals surface area contributed by atoms with Gasteiger partial charge in [0, 0.05) is 25.2 Å². The Morgan fingerprint density at radius 3 is 2.56 bits per heavy atom. The second-order valence-electron chi connectivity index (χ2n) is 4.54. The van der Waals surface area contributed by atoms with Gasteiger partial charge < -0.3 is 9.84 Å². The quantitative estimate of drug-likeness (QED) is 0.852. The molecule has 1 N–H and O–H groups in total. The highest BCUT2D eigenvalue weighted by atomic mass is 19.1. The molecule has 1 aromatic carbocycles. The summed E-state index contributed by atoms with van der Waals surface area (Å²) in [4.78, 5) is 0. The van der Waals surface area contributed by atoms with E-state index < -0.39 is 0 Å². The highest BCUT2D eigenvalue weighted by Gasteiger charge is 2.32. The summed E-state index contributed by atoms with van der Waals surface area (Å²) in [5, 5.41) is 9.52. The Labute approximate surface area is 95.1 Å². The van der Waals surface area contributed by atoms with Crippen LogP contribution < -0.4 is 0 Å². The van der Waals surface area contributed by atoms with Crippen molar-refractivity contribution in [1.29, 1.82) is 0 Å². The first kappa shape index (κ1) is 11.6. The van der Waals surface area contributed by atoms with Gasteiger partial charge in [0.2, 0.25) is 0 Å². The van der Waals surface area contributed by atoms with Crippen LogP contribution in [0.15, 0.2) is 24.3 Å². The van der Waals surface area contributed by atoms with E-state index in [2.05, 4.69) is 0 Å². The van der Waals surface area contributed by atoms with Crippen LogP contribution in [0, 0.1) is 11.2 Å². The van der Waals surface area contributed by atoms with Gasteiger partial charge in [-0.2, -0.15) is 0 Å². The summed E-state index contributed by atoms with van der Waals surface area (Å²) in [6.45, 7) is 1.43. The minimum atomic E-state index is -0.194. The topological polar surface area (TPSA) is 29.5 Å². The van der Waals surface area contributed by atoms with Gasteiger partial charge in [-0.25, -0.2) is 4.39 Å². The van der Waals surface area contributed by atoms with E-state index in [0.717, 1.165) is 12.8 Å². The van der Waals surface area contributed by atoms with Crippen molar-refractivity contribution >= 4 is 0 Å². The Bertz CT molecular complexity index is 346. The van der Waals surface area contributed by atoms with Gasteiger partial charge >= 0.3 is 0 Å². The molecule has 0 saturated carbocycles. The van der Waals surface area contributed by atoms with Crippen molar-refractivity contribution in [2.75, 3.05) is 19.8 Å². The predicted molar refractivity (Wildman–Crippen MR) is 59.7 cm³/mol. The first-order valence-corrected chi connectivity index (χ1v) is 5.68. The van der Waals surface area contributed by atoms with Crippen LogP contribution in [0.5, 0.6) is 0 Å². The van der Waals surface area contributed by atoms with Crippen LogP contribution in [-0.2, 0) is 11.2 Å². The molecular formula is C13H17FO2. The zero-order valence-electron chi connectivity index (χ0n) is 9.29. The molecule has 2 nitrogen and oxygen atoms in total. The second-order valence-corrected chi connectivity index (χ2v) is 4.54. The molecule has 1 aromatic rings. The van der Waals surface area contributed by atoms with Gasteiger partial charge in [0.1, 0.15) is 5.82 Å². The Balaban J connectivity index is 2.15. The highest BCUT2D eigenvalue weighted by molar-refractivity contribution is 5.19. The Morgan fingerprint density at radius 2 is 1.94 bits per heavy atom. The van der Waals surface area contributed by atoms with Crippen molar-refractivity contribution in [2.45, 2.75) is 19.3 Å². The van der Waals surface area contributed by atoms with E-state index in [4.69, 9.17) is 4.74 Å². The van der Waals surface area contributed by atoms with Crippen molar-refractivity contribution in [3.05, 3.63) is 35.6 Å². The summed E-state index contributed by atoms with van der Waals surface area (Å²) in [5.74, 6) is -0.179. The van der Waals surface area contributed by atoms with Crippen LogP contribution in [0.2, 0.25) is 0 Å². The van der Waals surface area contributed by atoms with E-state index in [1.807, 2.05) is 6.07 Å². The maximum atomic E-state index is 13.5. The van der Waals surface area contributed by atoms with Crippen LogP contribution >= 0.6 is 0 Å². The smallest absolute Gasteiger partial charge is 0.126 e. The summed E-state index contributed by atoms with van der Waals surface area (Å²) in [6, 6.07) is 6.79. The van der Waals surface area contributed by atoms with Crippen molar-refractivity contribution < 1.29 is 14.2 Å². The van der Waals surface area contributed by atoms with E-state index in [-0.39, 0.29) is 17.8 Å². The molecule has 1 heterocycles. The molecule has 0 amide bonds. The monoisotopic (exact) mass is 224 g/mol. The number of rotatable bonds is 3. The fourth-order valence-electron chi connectivity index (χ4n) is 2.24. The lowest BCUT2D eigenvalue weighted by Gasteiger charge is -2.35. The SMILES string of the molecule is OCC1(Cc2ccccc2F)CCOCC1. The van der Waals surface area contributed by atoms with Gasteiger partial charge in [0.05, 0.1) is 0 Å². The zero-order chi connectivity index (χ0) is 11.4. The molecule has 0 aromatic heterocycles. The molecule has 3 heteroatoms. The number of aliphatic hydroxyl groups is 1. The second kappa shape index (κ2) is 4.93. The Morgan fingerprint density at radius 1 is 1.25 bits per heavy atom. The fraction of sp³-hybridized carbons (Fsp3) is 0.538. The number of hydrogen-bond donors (Lipinski definition) is 1. The molecule has 0 unspecified atom stereocenters. The van der Waals surface area contributed by atoms with E-state index in [1.165, 1.54) is 6.07 Å². The standard InChI is InChI=1S/C13H17FO2/c14-12-4-2-1-3-11(12)9-13(10-15)5-7-16-8-6-13/h1-4,15H,5-10H2. The number of aliphatic hydroxyl groups excluding tert-OH is 1. The van der Waals surface area contributed by atoms with E-state index in [0.29, 0.717) is 25.2 Å². The van der Waals surface area contributed by atoms with Gasteiger partial charge in [-0.05, 0) is 30.9 Å². The lowest BCUT2D eigenvalue weighted by molar-refractivity contribution is -0.0161. The van der Waals surface area contributed by atoms with Crippen molar-refractivity contribution in [3.63, 3.8) is 0 Å². The molecule has 0 bridgehead atoms. The minimum absolute atomic E-state index is 0.102. The molecule has 0 aliphatic carbocycles. The van der Waals surface area contributed by atoms with Crippen LogP contribution in [0.3, 0.4) is 0 Å². The molecule has 1 aliphatic rings. The summed E-state index contributed by atoms with van der Waals surface area (Å²) < 4.78 is 18.8. The summed E-state index contributed by atoms with van der Waals surface area (Å²) in [7, 11) is 0. The molecule has 0 spiro atoms. The number of halogens is 1. The van der Waals surface area contributed by atoms with Crippen LogP contribution in [0.4, 0.5) is 4.39 Å². The molecule has 16 heavy (non-hydrogen) atoms. The molecule has 1 fully saturated rings. The van der Waals surface area contributed by atoms with Crippen LogP contribution in [-0.4, -0.2) is 24.9 Å². The third-order valence-corrected chi connectivity index (χ3v) is 3.41. The summed E-state index contributed by atoms with van der Waals surface area (Å²) in [5.41, 5.74) is 0.499. The Hall–Kier alpha value is -0.930. The number of ether oxygens (including phenoxy) is 1. The van der Waals surface area contributed by atoms with E-state index in [9.17, 15) is 9.50 Å². The fourth-order valence-corrected chi connectivity index (χ4v) is 2.24. The lowest BCUT2D eigenvalue weighted by Crippen LogP contribution is -2.35. The van der Waals surface area contributed by atoms with Crippen molar-refractivity contribution in [2.24, 2.45) is 5.41 Å². The van der Waals surface area contributed by atoms with Gasteiger partial charge in [0.25, 0.3) is 0 Å².